The maximum absolute atomic E-state index is 10.0. The molecule has 0 rings (SSSR count). The highest BCUT2D eigenvalue weighted by Crippen LogP contribution is 2.10. The van der Waals surface area contributed by atoms with Gasteiger partial charge in [0.2, 0.25) is 0 Å². The molecule has 0 saturated heterocycles. The van der Waals surface area contributed by atoms with Crippen LogP contribution < -0.4 is 0 Å². The first-order valence-electron chi connectivity index (χ1n) is 6.18. The van der Waals surface area contributed by atoms with Crippen LogP contribution in [0.1, 0.15) is 0 Å². The van der Waals surface area contributed by atoms with E-state index in [-0.39, 0.29) is 0 Å². The van der Waals surface area contributed by atoms with Gasteiger partial charge in [0, 0.05) is 0 Å². The third-order valence-electron chi connectivity index (χ3n) is 2.69. The van der Waals surface area contributed by atoms with Gasteiger partial charge in [0.05, 0.1) is 32.8 Å². The molecule has 0 aliphatic rings. The van der Waals surface area contributed by atoms with Crippen molar-refractivity contribution in [2.45, 2.75) is 6.10 Å². The van der Waals surface area contributed by atoms with Gasteiger partial charge in [-0.2, -0.15) is 0 Å². The Morgan fingerprint density at radius 1 is 0.944 bits per heavy atom. The predicted molar refractivity (Wildman–Crippen MR) is 77.3 cm³/mol. The lowest BCUT2D eigenvalue weighted by Gasteiger charge is -2.37. The Bertz CT molecular complexity index is 247. The number of aliphatic hydroxyl groups excluding tert-OH is 1. The zero-order valence-corrected chi connectivity index (χ0v) is 11.3. The number of nitrogens with zero attached hydrogens (tertiary/aromatic N) is 1. The minimum absolute atomic E-state index is 0.317. The van der Waals surface area contributed by atoms with Crippen molar-refractivity contribution in [3.63, 3.8) is 0 Å². The van der Waals surface area contributed by atoms with Gasteiger partial charge in [0.25, 0.3) is 0 Å². The molecule has 0 radical (unpaired) electrons. The van der Waals surface area contributed by atoms with Crippen LogP contribution >= 0.6 is 0 Å². The van der Waals surface area contributed by atoms with Crippen molar-refractivity contribution in [1.82, 2.24) is 0 Å². The molecule has 102 valence electrons. The summed E-state index contributed by atoms with van der Waals surface area (Å²) in [5, 5.41) is 10.0. The monoisotopic (exact) mass is 252 g/mol. The van der Waals surface area contributed by atoms with Gasteiger partial charge in [0.15, 0.2) is 0 Å². The predicted octanol–water partition coefficient (Wildman–Crippen LogP) is 1.92. The molecule has 3 heteroatoms. The summed E-state index contributed by atoms with van der Waals surface area (Å²) >= 11 is 0. The number of quaternary nitrogens is 1. The Labute approximate surface area is 111 Å². The first-order chi connectivity index (χ1) is 8.64. The van der Waals surface area contributed by atoms with Crippen LogP contribution in [0.25, 0.3) is 0 Å². The average Bonchev–Trinajstić information content (AvgIpc) is 2.30. The van der Waals surface area contributed by atoms with Gasteiger partial charge in [0.1, 0.15) is 12.6 Å². The van der Waals surface area contributed by atoms with Crippen LogP contribution in [0.2, 0.25) is 0 Å². The Balaban J connectivity index is 4.51. The molecule has 0 bridgehead atoms. The number of aliphatic hydroxyl groups is 1. The fourth-order valence-corrected chi connectivity index (χ4v) is 2.06. The quantitative estimate of drug-likeness (QED) is 0.327. The van der Waals surface area contributed by atoms with Crippen molar-refractivity contribution < 1.29 is 14.3 Å². The van der Waals surface area contributed by atoms with E-state index in [1.807, 2.05) is 18.2 Å². The second kappa shape index (κ2) is 9.83. The third-order valence-corrected chi connectivity index (χ3v) is 2.69. The smallest absolute Gasteiger partial charge is 0.126 e. The van der Waals surface area contributed by atoms with Gasteiger partial charge < -0.3 is 14.3 Å². The molecule has 0 aliphatic carbocycles. The summed E-state index contributed by atoms with van der Waals surface area (Å²) in [5.74, 6) is 0. The largest absolute Gasteiger partial charge is 0.385 e. The summed E-state index contributed by atoms with van der Waals surface area (Å²) in [7, 11) is 0. The Morgan fingerprint density at radius 2 is 1.44 bits per heavy atom. The normalized spacial score (nSPS) is 12.7. The molecular formula is C15H26NO2+. The minimum Gasteiger partial charge on any atom is -0.385 e. The maximum atomic E-state index is 10.0. The Hall–Kier alpha value is -1.16. The first kappa shape index (κ1) is 16.8. The minimum atomic E-state index is -0.509. The molecule has 0 spiro atoms. The second-order valence-electron chi connectivity index (χ2n) is 4.42. The number of hydrogen-bond donors (Lipinski definition) is 1. The van der Waals surface area contributed by atoms with Crippen LogP contribution in [0.5, 0.6) is 0 Å². The number of hydrogen-bond acceptors (Lipinski definition) is 2. The maximum Gasteiger partial charge on any atom is 0.126 e. The molecule has 1 unspecified atom stereocenters. The highest BCUT2D eigenvalue weighted by Gasteiger charge is 2.26. The fourth-order valence-electron chi connectivity index (χ4n) is 2.06. The Kier molecular flexibility index (Phi) is 9.19. The molecule has 0 aromatic rings. The van der Waals surface area contributed by atoms with E-state index in [4.69, 9.17) is 4.74 Å². The van der Waals surface area contributed by atoms with E-state index in [1.54, 1.807) is 6.08 Å². The van der Waals surface area contributed by atoms with Crippen LogP contribution in [0.15, 0.2) is 50.6 Å². The highest BCUT2D eigenvalue weighted by atomic mass is 16.5. The summed E-state index contributed by atoms with van der Waals surface area (Å²) < 4.78 is 5.95. The third kappa shape index (κ3) is 6.55. The molecule has 18 heavy (non-hydrogen) atoms. The summed E-state index contributed by atoms with van der Waals surface area (Å²) in [6.07, 6.45) is 6.76. The van der Waals surface area contributed by atoms with Gasteiger partial charge >= 0.3 is 0 Å². The van der Waals surface area contributed by atoms with E-state index in [1.165, 1.54) is 0 Å². The van der Waals surface area contributed by atoms with Gasteiger partial charge in [-0.05, 0) is 18.2 Å². The van der Waals surface area contributed by atoms with Crippen molar-refractivity contribution in [1.29, 1.82) is 0 Å². The lowest BCUT2D eigenvalue weighted by atomic mass is 10.2. The topological polar surface area (TPSA) is 29.5 Å². The van der Waals surface area contributed by atoms with Gasteiger partial charge in [-0.3, -0.25) is 0 Å². The molecule has 0 aromatic carbocycles. The first-order valence-corrected chi connectivity index (χ1v) is 6.18. The van der Waals surface area contributed by atoms with Gasteiger partial charge in [-0.1, -0.05) is 25.8 Å². The SMILES string of the molecule is C=CCOCC(O)C[N+](CC=C)(CC=C)CC=C. The molecule has 0 aromatic heterocycles. The van der Waals surface area contributed by atoms with Crippen LogP contribution in [-0.2, 0) is 4.74 Å². The zero-order valence-electron chi connectivity index (χ0n) is 11.3. The standard InChI is InChI=1S/C15H26NO2/c1-5-9-16(10-6-2,11-7-3)13-15(17)14-18-12-8-4/h5-8,15,17H,1-4,9-14H2/q+1. The van der Waals surface area contributed by atoms with Crippen LogP contribution in [0, 0.1) is 0 Å². The van der Waals surface area contributed by atoms with Crippen LogP contribution in [-0.4, -0.2) is 55.1 Å². The molecule has 3 nitrogen and oxygen atoms in total. The summed E-state index contributed by atoms with van der Waals surface area (Å²) in [5.41, 5.74) is 0. The summed E-state index contributed by atoms with van der Waals surface area (Å²) in [6.45, 7) is 18.6. The molecule has 1 N–H and O–H groups in total. The lowest BCUT2D eigenvalue weighted by molar-refractivity contribution is -0.914. The van der Waals surface area contributed by atoms with E-state index in [0.29, 0.717) is 24.2 Å². The van der Waals surface area contributed by atoms with E-state index < -0.39 is 6.10 Å². The zero-order chi connectivity index (χ0) is 13.9. The summed E-state index contributed by atoms with van der Waals surface area (Å²) in [6, 6.07) is 0. The Morgan fingerprint density at radius 3 is 1.83 bits per heavy atom. The van der Waals surface area contributed by atoms with Crippen molar-refractivity contribution in [3.05, 3.63) is 50.6 Å². The molecule has 0 saturated carbocycles. The molecule has 0 aliphatic heterocycles. The second-order valence-corrected chi connectivity index (χ2v) is 4.42. The van der Waals surface area contributed by atoms with E-state index in [0.717, 1.165) is 19.6 Å². The molecule has 0 heterocycles. The molecule has 1 atom stereocenters. The number of ether oxygens (including phenoxy) is 1. The van der Waals surface area contributed by atoms with E-state index >= 15 is 0 Å². The van der Waals surface area contributed by atoms with Crippen molar-refractivity contribution in [2.24, 2.45) is 0 Å². The highest BCUT2D eigenvalue weighted by molar-refractivity contribution is 4.77. The molecular weight excluding hydrogens is 226 g/mol. The lowest BCUT2D eigenvalue weighted by Crippen LogP contribution is -2.53. The van der Waals surface area contributed by atoms with Crippen LogP contribution in [0.4, 0.5) is 0 Å². The van der Waals surface area contributed by atoms with Crippen molar-refractivity contribution in [2.75, 3.05) is 39.4 Å². The summed E-state index contributed by atoms with van der Waals surface area (Å²) in [4.78, 5) is 0. The molecule has 0 fully saturated rings. The van der Waals surface area contributed by atoms with Crippen molar-refractivity contribution >= 4 is 0 Å². The van der Waals surface area contributed by atoms with Gasteiger partial charge in [-0.15, -0.1) is 6.58 Å². The van der Waals surface area contributed by atoms with E-state index in [2.05, 4.69) is 26.3 Å². The fraction of sp³-hybridized carbons (Fsp3) is 0.467. The van der Waals surface area contributed by atoms with Gasteiger partial charge in [-0.25, -0.2) is 0 Å². The van der Waals surface area contributed by atoms with Crippen LogP contribution in [0.3, 0.4) is 0 Å². The van der Waals surface area contributed by atoms with Crippen molar-refractivity contribution in [3.8, 4) is 0 Å². The average molecular weight is 252 g/mol. The molecule has 0 amide bonds. The number of rotatable bonds is 12. The van der Waals surface area contributed by atoms with E-state index in [9.17, 15) is 5.11 Å².